The van der Waals surface area contributed by atoms with Crippen LogP contribution < -0.4 is 9.96 Å². The highest BCUT2D eigenvalue weighted by Crippen LogP contribution is 2.49. The lowest BCUT2D eigenvalue weighted by Gasteiger charge is -2.29. The van der Waals surface area contributed by atoms with Crippen molar-refractivity contribution in [3.63, 3.8) is 0 Å². The van der Waals surface area contributed by atoms with Crippen LogP contribution in [0.15, 0.2) is 78.9 Å². The number of nitro groups is 1. The van der Waals surface area contributed by atoms with Gasteiger partial charge >= 0.3 is 0 Å². The van der Waals surface area contributed by atoms with Crippen LogP contribution in [0.4, 0.5) is 17.1 Å². The number of halogens is 1. The molecule has 3 atom stereocenters. The maximum Gasteiger partial charge on any atom is 0.271 e. The zero-order valence-corrected chi connectivity index (χ0v) is 17.3. The average molecular weight is 450 g/mol. The molecule has 2 heterocycles. The van der Waals surface area contributed by atoms with Gasteiger partial charge in [0.25, 0.3) is 11.6 Å². The maximum atomic E-state index is 13.5. The van der Waals surface area contributed by atoms with E-state index in [0.29, 0.717) is 22.0 Å². The van der Waals surface area contributed by atoms with Crippen molar-refractivity contribution in [3.8, 4) is 0 Å². The van der Waals surface area contributed by atoms with E-state index in [9.17, 15) is 19.7 Å². The number of para-hydroxylation sites is 1. The predicted octanol–water partition coefficient (Wildman–Crippen LogP) is 4.30. The number of carbonyl (C=O) groups is 2. The predicted molar refractivity (Wildman–Crippen MR) is 117 cm³/mol. The van der Waals surface area contributed by atoms with E-state index in [2.05, 4.69) is 0 Å². The molecule has 2 aliphatic rings. The number of hydrogen-bond donors (Lipinski definition) is 0. The summed E-state index contributed by atoms with van der Waals surface area (Å²) in [6.45, 7) is 0. The van der Waals surface area contributed by atoms with Crippen LogP contribution in [0.2, 0.25) is 5.02 Å². The lowest BCUT2D eigenvalue weighted by molar-refractivity contribution is -0.384. The van der Waals surface area contributed by atoms with Crippen molar-refractivity contribution in [3.05, 3.63) is 99.6 Å². The standard InChI is InChI=1S/C23H16ClN3O5/c24-18-12-5-4-11-17(18)20-19-21(23(29)25(22(19)28)14-7-2-1-3-8-14)32-26(20)15-9-6-10-16(13-15)27(30)31/h1-13,19-21H/t19-,20+,21-/m1/s1. The van der Waals surface area contributed by atoms with Gasteiger partial charge in [-0.05, 0) is 29.8 Å². The second-order valence-electron chi connectivity index (χ2n) is 7.47. The van der Waals surface area contributed by atoms with Crippen LogP contribution in [0.25, 0.3) is 0 Å². The molecule has 0 unspecified atom stereocenters. The summed E-state index contributed by atoms with van der Waals surface area (Å²) in [5.74, 6) is -1.78. The highest BCUT2D eigenvalue weighted by molar-refractivity contribution is 6.31. The molecule has 0 saturated carbocycles. The second-order valence-corrected chi connectivity index (χ2v) is 7.88. The molecule has 0 radical (unpaired) electrons. The molecule has 160 valence electrons. The second kappa shape index (κ2) is 7.74. The SMILES string of the molecule is O=C1[C@H]2[C@@H](ON(c3cccc([N+](=O)[O-])c3)[C@H]2c2ccccc2Cl)C(=O)N1c1ccccc1. The van der Waals surface area contributed by atoms with Gasteiger partial charge in [-0.3, -0.25) is 24.5 Å². The van der Waals surface area contributed by atoms with Crippen LogP contribution in [0.1, 0.15) is 11.6 Å². The number of imide groups is 1. The normalized spacial score (nSPS) is 22.3. The van der Waals surface area contributed by atoms with Gasteiger partial charge in [0.1, 0.15) is 5.92 Å². The van der Waals surface area contributed by atoms with Crippen LogP contribution in [0.5, 0.6) is 0 Å². The molecule has 2 fully saturated rings. The molecule has 0 spiro atoms. The van der Waals surface area contributed by atoms with Crippen molar-refractivity contribution in [2.75, 3.05) is 9.96 Å². The first-order valence-corrected chi connectivity index (χ1v) is 10.2. The maximum absolute atomic E-state index is 13.5. The van der Waals surface area contributed by atoms with Gasteiger partial charge < -0.3 is 0 Å². The van der Waals surface area contributed by atoms with Crippen molar-refractivity contribution in [2.45, 2.75) is 12.1 Å². The summed E-state index contributed by atoms with van der Waals surface area (Å²) in [5.41, 5.74) is 1.26. The average Bonchev–Trinajstić information content (AvgIpc) is 3.31. The fraction of sp³-hybridized carbons (Fsp3) is 0.130. The summed E-state index contributed by atoms with van der Waals surface area (Å²) in [6, 6.07) is 20.7. The fourth-order valence-electron chi connectivity index (χ4n) is 4.24. The van der Waals surface area contributed by atoms with Crippen LogP contribution >= 0.6 is 11.6 Å². The van der Waals surface area contributed by atoms with Crippen molar-refractivity contribution >= 4 is 40.5 Å². The Labute approximate surface area is 187 Å². The van der Waals surface area contributed by atoms with Gasteiger partial charge in [0.2, 0.25) is 5.91 Å². The number of non-ortho nitro benzene ring substituents is 1. The molecule has 32 heavy (non-hydrogen) atoms. The van der Waals surface area contributed by atoms with Crippen molar-refractivity contribution in [1.82, 2.24) is 0 Å². The molecule has 0 aliphatic carbocycles. The molecule has 0 aromatic heterocycles. The van der Waals surface area contributed by atoms with E-state index in [1.807, 2.05) is 0 Å². The molecule has 3 aromatic carbocycles. The minimum Gasteiger partial charge on any atom is -0.273 e. The Kier molecular flexibility index (Phi) is 4.88. The van der Waals surface area contributed by atoms with Gasteiger partial charge in [-0.25, -0.2) is 9.96 Å². The number of nitrogens with zero attached hydrogens (tertiary/aromatic N) is 3. The number of hydrogen-bond acceptors (Lipinski definition) is 6. The number of carbonyl (C=O) groups excluding carboxylic acids is 2. The van der Waals surface area contributed by atoms with E-state index in [1.54, 1.807) is 60.7 Å². The Balaban J connectivity index is 1.62. The number of benzene rings is 3. The third kappa shape index (κ3) is 3.12. The molecule has 0 bridgehead atoms. The van der Waals surface area contributed by atoms with Crippen molar-refractivity contribution < 1.29 is 19.3 Å². The monoisotopic (exact) mass is 449 g/mol. The Morgan fingerprint density at radius 2 is 1.56 bits per heavy atom. The van der Waals surface area contributed by atoms with E-state index in [-0.39, 0.29) is 5.69 Å². The first-order valence-electron chi connectivity index (χ1n) is 9.85. The molecule has 3 aromatic rings. The third-order valence-corrected chi connectivity index (χ3v) is 5.99. The van der Waals surface area contributed by atoms with E-state index < -0.39 is 34.8 Å². The van der Waals surface area contributed by atoms with Gasteiger partial charge in [-0.1, -0.05) is 54.1 Å². The van der Waals surface area contributed by atoms with Gasteiger partial charge in [-0.15, -0.1) is 0 Å². The summed E-state index contributed by atoms with van der Waals surface area (Å²) >= 11 is 6.47. The number of hydroxylamine groups is 1. The zero-order chi connectivity index (χ0) is 22.4. The largest absolute Gasteiger partial charge is 0.273 e. The number of rotatable bonds is 4. The first-order chi connectivity index (χ1) is 15.5. The molecule has 2 saturated heterocycles. The third-order valence-electron chi connectivity index (χ3n) is 5.65. The molecule has 9 heteroatoms. The van der Waals surface area contributed by atoms with Crippen molar-refractivity contribution in [2.24, 2.45) is 5.92 Å². The number of amides is 2. The van der Waals surface area contributed by atoms with E-state index in [0.717, 1.165) is 4.90 Å². The van der Waals surface area contributed by atoms with E-state index >= 15 is 0 Å². The topological polar surface area (TPSA) is 93.0 Å². The lowest BCUT2D eigenvalue weighted by atomic mass is 9.90. The minimum atomic E-state index is -1.08. The fourth-order valence-corrected chi connectivity index (χ4v) is 4.49. The quantitative estimate of drug-likeness (QED) is 0.335. The molecule has 8 nitrogen and oxygen atoms in total. The summed E-state index contributed by atoms with van der Waals surface area (Å²) < 4.78 is 0. The molecular weight excluding hydrogens is 434 g/mol. The summed E-state index contributed by atoms with van der Waals surface area (Å²) in [5, 5.41) is 13.1. The van der Waals surface area contributed by atoms with Gasteiger partial charge in [-0.2, -0.15) is 0 Å². The van der Waals surface area contributed by atoms with Crippen molar-refractivity contribution in [1.29, 1.82) is 0 Å². The Hall–Kier alpha value is -3.75. The highest BCUT2D eigenvalue weighted by Gasteiger charge is 2.60. The van der Waals surface area contributed by atoms with Gasteiger partial charge in [0.05, 0.1) is 22.3 Å². The number of fused-ring (bicyclic) bond motifs is 1. The highest BCUT2D eigenvalue weighted by atomic mass is 35.5. The Morgan fingerprint density at radius 1 is 0.875 bits per heavy atom. The molecule has 5 rings (SSSR count). The lowest BCUT2D eigenvalue weighted by Crippen LogP contribution is -2.37. The van der Waals surface area contributed by atoms with Crippen LogP contribution in [0.3, 0.4) is 0 Å². The molecule has 2 aliphatic heterocycles. The van der Waals surface area contributed by atoms with Gasteiger partial charge in [0, 0.05) is 17.2 Å². The molecular formula is C23H16ClN3O5. The van der Waals surface area contributed by atoms with Gasteiger partial charge in [0.15, 0.2) is 6.10 Å². The Bertz CT molecular complexity index is 1240. The minimum absolute atomic E-state index is 0.135. The van der Waals surface area contributed by atoms with Crippen LogP contribution in [0, 0.1) is 16.0 Å². The summed E-state index contributed by atoms with van der Waals surface area (Å²) in [4.78, 5) is 44.6. The Morgan fingerprint density at radius 3 is 2.28 bits per heavy atom. The first kappa shape index (κ1) is 20.2. The number of nitro benzene ring substituents is 1. The summed E-state index contributed by atoms with van der Waals surface area (Å²) in [6.07, 6.45) is -1.08. The van der Waals surface area contributed by atoms with Crippen LogP contribution in [-0.4, -0.2) is 22.8 Å². The zero-order valence-electron chi connectivity index (χ0n) is 16.5. The molecule has 0 N–H and O–H groups in total. The number of anilines is 2. The smallest absolute Gasteiger partial charge is 0.271 e. The van der Waals surface area contributed by atoms with E-state index in [4.69, 9.17) is 16.4 Å². The molecule has 2 amide bonds. The van der Waals surface area contributed by atoms with E-state index in [1.165, 1.54) is 23.3 Å². The van der Waals surface area contributed by atoms with Crippen LogP contribution in [-0.2, 0) is 14.4 Å². The summed E-state index contributed by atoms with van der Waals surface area (Å²) in [7, 11) is 0.